The Morgan fingerprint density at radius 2 is 1.70 bits per heavy atom. The molecule has 1 nitrogen and oxygen atoms in total. The van der Waals surface area contributed by atoms with Crippen molar-refractivity contribution >= 4 is 11.6 Å². The van der Waals surface area contributed by atoms with Crippen molar-refractivity contribution in [3.63, 3.8) is 0 Å². The van der Waals surface area contributed by atoms with Crippen LogP contribution < -0.4 is 0 Å². The van der Waals surface area contributed by atoms with Crippen LogP contribution >= 0.6 is 11.6 Å². The predicted octanol–water partition coefficient (Wildman–Crippen LogP) is 2.57. The maximum Gasteiger partial charge on any atom is 0.103 e. The van der Waals surface area contributed by atoms with E-state index in [1.165, 1.54) is 18.4 Å². The summed E-state index contributed by atoms with van der Waals surface area (Å²) in [5.74, 6) is 0. The third-order valence-corrected chi connectivity index (χ3v) is 2.41. The monoisotopic (exact) mass is 159 g/mol. The van der Waals surface area contributed by atoms with Gasteiger partial charge in [0, 0.05) is 13.1 Å². The maximum atomic E-state index is 6.03. The van der Waals surface area contributed by atoms with E-state index in [0.717, 1.165) is 18.2 Å². The van der Waals surface area contributed by atoms with Gasteiger partial charge in [-0.1, -0.05) is 11.6 Å². The second kappa shape index (κ2) is 3.29. The fourth-order valence-electron chi connectivity index (χ4n) is 1.23. The molecular formula is C8H14ClN. The summed E-state index contributed by atoms with van der Waals surface area (Å²) in [6.07, 6.45) is 2.59. The van der Waals surface area contributed by atoms with Gasteiger partial charge in [-0.25, -0.2) is 0 Å². The molecule has 0 aromatic heterocycles. The summed E-state index contributed by atoms with van der Waals surface area (Å²) in [4.78, 5) is 2.25. The maximum absolute atomic E-state index is 6.03. The van der Waals surface area contributed by atoms with Crippen molar-refractivity contribution in [1.29, 1.82) is 0 Å². The number of halogens is 1. The first-order chi connectivity index (χ1) is 4.72. The summed E-state index contributed by atoms with van der Waals surface area (Å²) in [7, 11) is 0. The van der Waals surface area contributed by atoms with E-state index in [-0.39, 0.29) is 0 Å². The van der Waals surface area contributed by atoms with Gasteiger partial charge in [0.1, 0.15) is 5.16 Å². The van der Waals surface area contributed by atoms with E-state index < -0.39 is 0 Å². The van der Waals surface area contributed by atoms with Crippen molar-refractivity contribution in [3.8, 4) is 0 Å². The van der Waals surface area contributed by atoms with Crippen LogP contribution in [0.5, 0.6) is 0 Å². The Morgan fingerprint density at radius 1 is 1.20 bits per heavy atom. The Labute approximate surface area is 67.7 Å². The molecule has 0 amide bonds. The van der Waals surface area contributed by atoms with Gasteiger partial charge in [-0.15, -0.1) is 0 Å². The van der Waals surface area contributed by atoms with Crippen molar-refractivity contribution in [1.82, 2.24) is 4.90 Å². The number of likely N-dealkylation sites (tertiary alicyclic amines) is 1. The lowest BCUT2D eigenvalue weighted by atomic mass is 10.4. The zero-order chi connectivity index (χ0) is 7.56. The molecule has 0 N–H and O–H groups in total. The molecule has 0 aromatic rings. The topological polar surface area (TPSA) is 3.24 Å². The van der Waals surface area contributed by atoms with E-state index in [9.17, 15) is 0 Å². The van der Waals surface area contributed by atoms with Gasteiger partial charge >= 0.3 is 0 Å². The summed E-state index contributed by atoms with van der Waals surface area (Å²) in [5, 5.41) is 0.956. The zero-order valence-electron chi connectivity index (χ0n) is 6.65. The van der Waals surface area contributed by atoms with Crippen LogP contribution in [0.15, 0.2) is 10.7 Å². The Bertz CT molecular complexity index is 141. The Morgan fingerprint density at radius 3 is 2.10 bits per heavy atom. The smallest absolute Gasteiger partial charge is 0.103 e. The molecule has 0 aromatic carbocycles. The van der Waals surface area contributed by atoms with Crippen LogP contribution in [0.25, 0.3) is 0 Å². The van der Waals surface area contributed by atoms with Gasteiger partial charge < -0.3 is 4.90 Å². The molecule has 1 rings (SSSR count). The molecule has 1 aliphatic heterocycles. The number of rotatable bonds is 1. The van der Waals surface area contributed by atoms with Crippen molar-refractivity contribution in [2.24, 2.45) is 0 Å². The van der Waals surface area contributed by atoms with Crippen molar-refractivity contribution in [3.05, 3.63) is 10.7 Å². The van der Waals surface area contributed by atoms with Crippen LogP contribution in [-0.4, -0.2) is 18.0 Å². The van der Waals surface area contributed by atoms with Crippen molar-refractivity contribution < 1.29 is 0 Å². The minimum absolute atomic E-state index is 0.956. The minimum Gasteiger partial charge on any atom is -0.362 e. The highest BCUT2D eigenvalue weighted by molar-refractivity contribution is 6.29. The van der Waals surface area contributed by atoms with Gasteiger partial charge in [0.2, 0.25) is 0 Å². The van der Waals surface area contributed by atoms with Crippen LogP contribution in [0.2, 0.25) is 0 Å². The highest BCUT2D eigenvalue weighted by Gasteiger charge is 2.13. The van der Waals surface area contributed by atoms with E-state index in [1.807, 2.05) is 0 Å². The number of nitrogens with zero attached hydrogens (tertiary/aromatic N) is 1. The lowest BCUT2D eigenvalue weighted by molar-refractivity contribution is 0.449. The molecule has 1 fully saturated rings. The van der Waals surface area contributed by atoms with Gasteiger partial charge in [-0.2, -0.15) is 0 Å². The normalized spacial score (nSPS) is 17.7. The fourth-order valence-corrected chi connectivity index (χ4v) is 1.40. The molecule has 0 bridgehead atoms. The SMILES string of the molecule is CC(C)=C(Cl)N1CCCC1. The summed E-state index contributed by atoms with van der Waals surface area (Å²) in [6, 6.07) is 0. The fraction of sp³-hybridized carbons (Fsp3) is 0.750. The van der Waals surface area contributed by atoms with Gasteiger partial charge in [-0.05, 0) is 32.3 Å². The molecule has 1 saturated heterocycles. The third kappa shape index (κ3) is 1.66. The second-order valence-electron chi connectivity index (χ2n) is 2.98. The Hall–Kier alpha value is -0.170. The molecule has 58 valence electrons. The van der Waals surface area contributed by atoms with Gasteiger partial charge in [0.25, 0.3) is 0 Å². The first kappa shape index (κ1) is 7.93. The average molecular weight is 160 g/mol. The van der Waals surface area contributed by atoms with Crippen molar-refractivity contribution in [2.75, 3.05) is 13.1 Å². The molecule has 1 aliphatic rings. The average Bonchev–Trinajstić information content (AvgIpc) is 2.36. The summed E-state index contributed by atoms with van der Waals surface area (Å²) < 4.78 is 0. The molecule has 1 heterocycles. The first-order valence-corrected chi connectivity index (χ1v) is 4.17. The summed E-state index contributed by atoms with van der Waals surface area (Å²) in [5.41, 5.74) is 1.23. The van der Waals surface area contributed by atoms with Crippen LogP contribution in [0.4, 0.5) is 0 Å². The van der Waals surface area contributed by atoms with E-state index in [0.29, 0.717) is 0 Å². The third-order valence-electron chi connectivity index (χ3n) is 1.80. The summed E-state index contributed by atoms with van der Waals surface area (Å²) >= 11 is 6.03. The minimum atomic E-state index is 0.956. The van der Waals surface area contributed by atoms with E-state index in [1.54, 1.807) is 0 Å². The van der Waals surface area contributed by atoms with Crippen LogP contribution in [0.3, 0.4) is 0 Å². The zero-order valence-corrected chi connectivity index (χ0v) is 7.41. The van der Waals surface area contributed by atoms with Gasteiger partial charge in [0.15, 0.2) is 0 Å². The second-order valence-corrected chi connectivity index (χ2v) is 3.34. The van der Waals surface area contributed by atoms with Crippen molar-refractivity contribution in [2.45, 2.75) is 26.7 Å². The van der Waals surface area contributed by atoms with Crippen LogP contribution in [-0.2, 0) is 0 Å². The van der Waals surface area contributed by atoms with Crippen LogP contribution in [0, 0.1) is 0 Å². The molecule has 0 aliphatic carbocycles. The number of hydrogen-bond acceptors (Lipinski definition) is 1. The Balaban J connectivity index is 2.56. The van der Waals surface area contributed by atoms with Gasteiger partial charge in [0.05, 0.1) is 0 Å². The standard InChI is InChI=1S/C8H14ClN/c1-7(2)8(9)10-5-3-4-6-10/h3-6H2,1-2H3. The molecule has 10 heavy (non-hydrogen) atoms. The Kier molecular flexibility index (Phi) is 2.61. The number of allylic oxidation sites excluding steroid dienone is 1. The van der Waals surface area contributed by atoms with E-state index >= 15 is 0 Å². The number of hydrogen-bond donors (Lipinski definition) is 0. The molecule has 2 heteroatoms. The molecule has 0 radical (unpaired) electrons. The lowest BCUT2D eigenvalue weighted by Gasteiger charge is -2.16. The molecule has 0 unspecified atom stereocenters. The van der Waals surface area contributed by atoms with E-state index in [4.69, 9.17) is 11.6 Å². The highest BCUT2D eigenvalue weighted by Crippen LogP contribution is 2.20. The quantitative estimate of drug-likeness (QED) is 0.532. The van der Waals surface area contributed by atoms with Crippen LogP contribution in [0.1, 0.15) is 26.7 Å². The molecule has 0 spiro atoms. The molecule has 0 atom stereocenters. The highest BCUT2D eigenvalue weighted by atomic mass is 35.5. The lowest BCUT2D eigenvalue weighted by Crippen LogP contribution is -2.15. The van der Waals surface area contributed by atoms with Gasteiger partial charge in [-0.3, -0.25) is 0 Å². The molecule has 0 saturated carbocycles. The molecular weight excluding hydrogens is 146 g/mol. The first-order valence-electron chi connectivity index (χ1n) is 3.80. The predicted molar refractivity (Wildman–Crippen MR) is 45.0 cm³/mol. The largest absolute Gasteiger partial charge is 0.362 e. The van der Waals surface area contributed by atoms with E-state index in [2.05, 4.69) is 18.7 Å². The summed E-state index contributed by atoms with van der Waals surface area (Å²) in [6.45, 7) is 6.40.